The van der Waals surface area contributed by atoms with Gasteiger partial charge in [-0.15, -0.1) is 0 Å². The van der Waals surface area contributed by atoms with Gasteiger partial charge in [-0.1, -0.05) is 53.7 Å². The number of anilines is 1. The minimum atomic E-state index is -0.634. The highest BCUT2D eigenvalue weighted by molar-refractivity contribution is 5.68. The van der Waals surface area contributed by atoms with Crippen LogP contribution in [-0.2, 0) is 11.3 Å². The second kappa shape index (κ2) is 13.4. The number of methoxy groups -OCH3 is 1. The number of piperidine rings is 1. The Morgan fingerprint density at radius 2 is 1.81 bits per heavy atom. The molecular weight excluding hydrogens is 454 g/mol. The second-order valence-electron chi connectivity index (χ2n) is 9.54. The van der Waals surface area contributed by atoms with Crippen LogP contribution in [0.5, 0.6) is 5.75 Å². The third kappa shape index (κ3) is 7.09. The number of aryl methyl sites for hydroxylation is 1. The molecule has 1 aliphatic heterocycles. The molecule has 0 bridgehead atoms. The molecule has 4 rings (SSSR count). The summed E-state index contributed by atoms with van der Waals surface area (Å²) in [5.74, 6) is 1.66. The van der Waals surface area contributed by atoms with Crippen molar-refractivity contribution in [2.75, 3.05) is 51.4 Å². The number of aromatic nitrogens is 1. The van der Waals surface area contributed by atoms with Crippen LogP contribution in [0.15, 0.2) is 59.1 Å². The van der Waals surface area contributed by atoms with Gasteiger partial charge in [-0.05, 0) is 44.2 Å². The molecule has 194 valence electrons. The highest BCUT2D eigenvalue weighted by Gasteiger charge is 2.26. The molecule has 0 aliphatic carbocycles. The fourth-order valence-corrected chi connectivity index (χ4v) is 4.76. The van der Waals surface area contributed by atoms with Crippen molar-refractivity contribution in [1.82, 2.24) is 10.1 Å². The van der Waals surface area contributed by atoms with Crippen LogP contribution in [0.4, 0.5) is 5.88 Å². The van der Waals surface area contributed by atoms with Gasteiger partial charge in [0, 0.05) is 52.0 Å². The zero-order valence-electron chi connectivity index (χ0n) is 21.6. The molecule has 36 heavy (non-hydrogen) atoms. The summed E-state index contributed by atoms with van der Waals surface area (Å²) in [4.78, 5) is 4.58. The molecule has 0 amide bonds. The Kier molecular flexibility index (Phi) is 9.78. The summed E-state index contributed by atoms with van der Waals surface area (Å²) in [6, 6.07) is 18.1. The summed E-state index contributed by atoms with van der Waals surface area (Å²) in [5.41, 5.74) is 4.05. The van der Waals surface area contributed by atoms with Crippen LogP contribution < -0.4 is 9.64 Å². The minimum absolute atomic E-state index is 0.236. The predicted octanol–water partition coefficient (Wildman–Crippen LogP) is 4.92. The smallest absolute Gasteiger partial charge is 0.232 e. The van der Waals surface area contributed by atoms with Crippen molar-refractivity contribution in [3.63, 3.8) is 0 Å². The van der Waals surface area contributed by atoms with Gasteiger partial charge in [-0.25, -0.2) is 0 Å². The van der Waals surface area contributed by atoms with Crippen LogP contribution in [0, 0.1) is 6.92 Å². The maximum Gasteiger partial charge on any atom is 0.232 e. The van der Waals surface area contributed by atoms with Crippen LogP contribution in [0.2, 0.25) is 0 Å². The number of rotatable bonds is 13. The van der Waals surface area contributed by atoms with Gasteiger partial charge in [0.1, 0.15) is 24.2 Å². The van der Waals surface area contributed by atoms with Gasteiger partial charge >= 0.3 is 0 Å². The number of ether oxygens (including phenoxy) is 2. The van der Waals surface area contributed by atoms with Crippen molar-refractivity contribution in [1.29, 1.82) is 0 Å². The fraction of sp³-hybridized carbons (Fsp3) is 0.483. The summed E-state index contributed by atoms with van der Waals surface area (Å²) >= 11 is 0. The van der Waals surface area contributed by atoms with E-state index in [-0.39, 0.29) is 6.61 Å². The average Bonchev–Trinajstić information content (AvgIpc) is 3.32. The molecule has 2 aromatic carbocycles. The molecule has 0 radical (unpaired) electrons. The Morgan fingerprint density at radius 1 is 1.06 bits per heavy atom. The van der Waals surface area contributed by atoms with Crippen LogP contribution in [-0.4, -0.2) is 67.8 Å². The van der Waals surface area contributed by atoms with Crippen molar-refractivity contribution >= 4 is 5.88 Å². The van der Waals surface area contributed by atoms with Gasteiger partial charge in [-0.3, -0.25) is 4.90 Å². The molecule has 3 aromatic rings. The van der Waals surface area contributed by atoms with Gasteiger partial charge in [-0.2, -0.15) is 0 Å². The van der Waals surface area contributed by atoms with Gasteiger partial charge in [0.25, 0.3) is 0 Å². The van der Waals surface area contributed by atoms with E-state index in [0.29, 0.717) is 19.7 Å². The van der Waals surface area contributed by atoms with Gasteiger partial charge in [0.15, 0.2) is 0 Å². The number of hydrogen-bond acceptors (Lipinski definition) is 7. The Morgan fingerprint density at radius 3 is 2.56 bits per heavy atom. The monoisotopic (exact) mass is 493 g/mol. The van der Waals surface area contributed by atoms with Crippen molar-refractivity contribution in [3.05, 3.63) is 65.7 Å². The van der Waals surface area contributed by atoms with Gasteiger partial charge in [0.05, 0.1) is 5.56 Å². The van der Waals surface area contributed by atoms with E-state index in [2.05, 4.69) is 27.1 Å². The number of benzene rings is 2. The van der Waals surface area contributed by atoms with Crippen molar-refractivity contribution in [3.8, 4) is 17.0 Å². The Bertz CT molecular complexity index is 1050. The molecule has 1 saturated heterocycles. The molecule has 1 aliphatic rings. The second-order valence-corrected chi connectivity index (χ2v) is 9.54. The quantitative estimate of drug-likeness (QED) is 0.339. The van der Waals surface area contributed by atoms with E-state index in [4.69, 9.17) is 14.0 Å². The van der Waals surface area contributed by atoms with E-state index in [1.165, 1.54) is 6.42 Å². The van der Waals surface area contributed by atoms with E-state index >= 15 is 0 Å². The summed E-state index contributed by atoms with van der Waals surface area (Å²) in [5, 5.41) is 15.4. The van der Waals surface area contributed by atoms with Crippen molar-refractivity contribution in [2.45, 2.75) is 45.3 Å². The first-order valence-electron chi connectivity index (χ1n) is 13.0. The van der Waals surface area contributed by atoms with Gasteiger partial charge in [0.2, 0.25) is 5.88 Å². The Hall–Kier alpha value is -2.87. The molecule has 0 unspecified atom stereocenters. The third-order valence-corrected chi connectivity index (χ3v) is 6.66. The number of nitrogens with zero attached hydrogens (tertiary/aromatic N) is 3. The maximum absolute atomic E-state index is 10.9. The third-order valence-electron chi connectivity index (χ3n) is 6.66. The lowest BCUT2D eigenvalue weighted by atomic mass is 10.1. The molecule has 0 saturated carbocycles. The molecule has 1 aromatic heterocycles. The summed E-state index contributed by atoms with van der Waals surface area (Å²) in [7, 11) is 1.72. The van der Waals surface area contributed by atoms with Crippen molar-refractivity contribution in [2.24, 2.45) is 0 Å². The van der Waals surface area contributed by atoms with E-state index in [9.17, 15) is 5.11 Å². The van der Waals surface area contributed by atoms with E-state index in [1.807, 2.05) is 49.4 Å². The van der Waals surface area contributed by atoms with Crippen LogP contribution >= 0.6 is 0 Å². The average molecular weight is 494 g/mol. The normalized spacial score (nSPS) is 14.8. The molecule has 2 heterocycles. The first-order valence-corrected chi connectivity index (χ1v) is 13.0. The van der Waals surface area contributed by atoms with E-state index in [1.54, 1.807) is 7.11 Å². The number of aliphatic hydroxyl groups excluding tert-OH is 1. The molecule has 1 atom stereocenters. The summed E-state index contributed by atoms with van der Waals surface area (Å²) in [6.45, 7) is 6.77. The van der Waals surface area contributed by atoms with Crippen molar-refractivity contribution < 1.29 is 19.1 Å². The van der Waals surface area contributed by atoms with Crippen LogP contribution in [0.25, 0.3) is 11.3 Å². The highest BCUT2D eigenvalue weighted by Crippen LogP contribution is 2.34. The largest absolute Gasteiger partial charge is 0.491 e. The number of aliphatic hydroxyl groups is 1. The summed E-state index contributed by atoms with van der Waals surface area (Å²) < 4.78 is 17.2. The first kappa shape index (κ1) is 26.2. The Balaban J connectivity index is 1.53. The number of para-hydroxylation sites is 1. The molecule has 7 heteroatoms. The fourth-order valence-electron chi connectivity index (χ4n) is 4.76. The summed E-state index contributed by atoms with van der Waals surface area (Å²) in [6.07, 6.45) is 3.81. The lowest BCUT2D eigenvalue weighted by molar-refractivity contribution is 0.0616. The standard InChI is InChI=1S/C29H39N3O4/c1-23-12-7-8-15-27(23)35-22-25(33)20-31(16-11-19-34-2)21-26-28(24-13-5-3-6-14-24)30-36-29(26)32-17-9-4-10-18-32/h3,5-8,12-15,25,33H,4,9-11,16-22H2,1-2H3/t25-/m1/s1. The van der Waals surface area contributed by atoms with Crippen LogP contribution in [0.3, 0.4) is 0 Å². The van der Waals surface area contributed by atoms with E-state index < -0.39 is 6.10 Å². The predicted molar refractivity (Wildman–Crippen MR) is 142 cm³/mol. The lowest BCUT2D eigenvalue weighted by Crippen LogP contribution is -2.37. The lowest BCUT2D eigenvalue weighted by Gasteiger charge is -2.29. The van der Waals surface area contributed by atoms with E-state index in [0.717, 1.165) is 72.9 Å². The Labute approximate surface area is 214 Å². The topological polar surface area (TPSA) is 71.2 Å². The minimum Gasteiger partial charge on any atom is -0.491 e. The highest BCUT2D eigenvalue weighted by atomic mass is 16.5. The first-order chi connectivity index (χ1) is 17.7. The molecule has 7 nitrogen and oxygen atoms in total. The van der Waals surface area contributed by atoms with Gasteiger partial charge < -0.3 is 24.0 Å². The number of hydrogen-bond donors (Lipinski definition) is 1. The molecule has 1 N–H and O–H groups in total. The SMILES string of the molecule is COCCCN(Cc1c(-c2ccccc2)noc1N1CCCCC1)C[C@@H](O)COc1ccccc1C. The zero-order valence-corrected chi connectivity index (χ0v) is 21.6. The zero-order chi connectivity index (χ0) is 25.2. The molecule has 1 fully saturated rings. The maximum atomic E-state index is 10.9. The molecule has 0 spiro atoms. The van der Waals surface area contributed by atoms with Crippen LogP contribution in [0.1, 0.15) is 36.8 Å². The molecular formula is C29H39N3O4.